The number of hydrogen-bond donors (Lipinski definition) is 3. The molecule has 0 aliphatic heterocycles. The van der Waals surface area contributed by atoms with Gasteiger partial charge in [0.15, 0.2) is 0 Å². The molecule has 2 aromatic carbocycles. The first-order valence-electron chi connectivity index (χ1n) is 7.74. The normalized spacial score (nSPS) is 10.5. The second-order valence-electron chi connectivity index (χ2n) is 5.61. The third kappa shape index (κ3) is 3.78. The summed E-state index contributed by atoms with van der Waals surface area (Å²) in [6, 6.07) is 15.5. The number of aromatic amines is 1. The SMILES string of the molecule is Cc1ccc(C(N)=O)cc1Nc1n[nH]c(CCc2ccccc2)n1. The molecule has 1 amide bonds. The third-order valence-electron chi connectivity index (χ3n) is 3.79. The minimum atomic E-state index is -0.461. The fourth-order valence-corrected chi connectivity index (χ4v) is 2.40. The van der Waals surface area contributed by atoms with Crippen LogP contribution in [0.25, 0.3) is 0 Å². The molecule has 6 nitrogen and oxygen atoms in total. The fraction of sp³-hybridized carbons (Fsp3) is 0.167. The Morgan fingerprint density at radius 2 is 1.96 bits per heavy atom. The van der Waals surface area contributed by atoms with Crippen LogP contribution in [0.4, 0.5) is 11.6 Å². The number of nitrogens with one attached hydrogen (secondary N) is 2. The van der Waals surface area contributed by atoms with E-state index in [0.29, 0.717) is 11.5 Å². The van der Waals surface area contributed by atoms with Gasteiger partial charge in [-0.2, -0.15) is 4.98 Å². The lowest BCUT2D eigenvalue weighted by molar-refractivity contribution is 0.100. The number of nitrogens with zero attached hydrogens (tertiary/aromatic N) is 2. The van der Waals surface area contributed by atoms with Crippen LogP contribution in [0.1, 0.15) is 27.3 Å². The number of benzene rings is 2. The van der Waals surface area contributed by atoms with Crippen LogP contribution in [0.3, 0.4) is 0 Å². The Kier molecular flexibility index (Phi) is 4.56. The van der Waals surface area contributed by atoms with Crippen molar-refractivity contribution in [3.05, 3.63) is 71.0 Å². The molecule has 0 saturated carbocycles. The van der Waals surface area contributed by atoms with Crippen LogP contribution >= 0.6 is 0 Å². The fourth-order valence-electron chi connectivity index (χ4n) is 2.40. The van der Waals surface area contributed by atoms with Gasteiger partial charge in [0.1, 0.15) is 5.82 Å². The molecule has 0 saturated heterocycles. The lowest BCUT2D eigenvalue weighted by Crippen LogP contribution is -2.11. The average Bonchev–Trinajstić information content (AvgIpc) is 3.03. The number of aryl methyl sites for hydroxylation is 3. The molecule has 0 atom stereocenters. The van der Waals surface area contributed by atoms with Gasteiger partial charge in [0.25, 0.3) is 0 Å². The van der Waals surface area contributed by atoms with Crippen LogP contribution < -0.4 is 11.1 Å². The number of aromatic nitrogens is 3. The average molecular weight is 321 g/mol. The number of primary amides is 1. The first-order chi connectivity index (χ1) is 11.6. The summed E-state index contributed by atoms with van der Waals surface area (Å²) in [5.41, 5.74) is 8.77. The molecule has 4 N–H and O–H groups in total. The molecule has 1 heterocycles. The van der Waals surface area contributed by atoms with Crippen LogP contribution in [-0.4, -0.2) is 21.1 Å². The van der Waals surface area contributed by atoms with Crippen LogP contribution in [0.2, 0.25) is 0 Å². The molecule has 0 spiro atoms. The van der Waals surface area contributed by atoms with Gasteiger partial charge in [-0.15, -0.1) is 5.10 Å². The molecule has 6 heteroatoms. The quantitative estimate of drug-likeness (QED) is 0.650. The number of nitrogens with two attached hydrogens (primary N) is 1. The number of rotatable bonds is 6. The Balaban J connectivity index is 1.68. The number of carbonyl (C=O) groups is 1. The van der Waals surface area contributed by atoms with Crippen molar-refractivity contribution in [2.24, 2.45) is 5.73 Å². The molecule has 24 heavy (non-hydrogen) atoms. The number of H-pyrrole nitrogens is 1. The Bertz CT molecular complexity index is 842. The highest BCUT2D eigenvalue weighted by atomic mass is 16.1. The second kappa shape index (κ2) is 6.95. The highest BCUT2D eigenvalue weighted by molar-refractivity contribution is 5.94. The maximum absolute atomic E-state index is 11.3. The summed E-state index contributed by atoms with van der Waals surface area (Å²) in [6.07, 6.45) is 1.67. The first-order valence-corrected chi connectivity index (χ1v) is 7.74. The van der Waals surface area contributed by atoms with E-state index in [9.17, 15) is 4.79 Å². The molecule has 0 radical (unpaired) electrons. The molecule has 3 aromatic rings. The van der Waals surface area contributed by atoms with E-state index in [1.807, 2.05) is 31.2 Å². The van der Waals surface area contributed by atoms with E-state index < -0.39 is 5.91 Å². The van der Waals surface area contributed by atoms with E-state index in [1.165, 1.54) is 5.56 Å². The first kappa shape index (κ1) is 15.7. The second-order valence-corrected chi connectivity index (χ2v) is 5.61. The summed E-state index contributed by atoms with van der Waals surface area (Å²) < 4.78 is 0. The Morgan fingerprint density at radius 3 is 2.71 bits per heavy atom. The van der Waals surface area contributed by atoms with Crippen LogP contribution in [0.15, 0.2) is 48.5 Å². The van der Waals surface area contributed by atoms with E-state index in [1.54, 1.807) is 12.1 Å². The van der Waals surface area contributed by atoms with Gasteiger partial charge in [-0.1, -0.05) is 36.4 Å². The predicted molar refractivity (Wildman–Crippen MR) is 93.2 cm³/mol. The van der Waals surface area contributed by atoms with Crippen molar-refractivity contribution >= 4 is 17.5 Å². The van der Waals surface area contributed by atoms with Crippen LogP contribution in [0, 0.1) is 6.92 Å². The summed E-state index contributed by atoms with van der Waals surface area (Å²) >= 11 is 0. The molecule has 0 aliphatic rings. The van der Waals surface area contributed by atoms with Crippen LogP contribution in [0.5, 0.6) is 0 Å². The molecule has 122 valence electrons. The minimum Gasteiger partial charge on any atom is -0.366 e. The maximum atomic E-state index is 11.3. The third-order valence-corrected chi connectivity index (χ3v) is 3.79. The Hall–Kier alpha value is -3.15. The molecule has 0 unspecified atom stereocenters. The minimum absolute atomic E-state index is 0.447. The van der Waals surface area contributed by atoms with E-state index in [2.05, 4.69) is 32.6 Å². The van der Waals surface area contributed by atoms with Gasteiger partial charge in [0, 0.05) is 17.7 Å². The smallest absolute Gasteiger partial charge is 0.248 e. The van der Waals surface area contributed by atoms with Crippen molar-refractivity contribution < 1.29 is 4.79 Å². The number of carbonyl (C=O) groups excluding carboxylic acids is 1. The van der Waals surface area contributed by atoms with E-state index in [0.717, 1.165) is 29.9 Å². The molecule has 1 aromatic heterocycles. The van der Waals surface area contributed by atoms with E-state index in [4.69, 9.17) is 5.73 Å². The van der Waals surface area contributed by atoms with Crippen LogP contribution in [-0.2, 0) is 12.8 Å². The van der Waals surface area contributed by atoms with Crippen molar-refractivity contribution in [1.29, 1.82) is 0 Å². The molecular weight excluding hydrogens is 302 g/mol. The molecular formula is C18H19N5O. The maximum Gasteiger partial charge on any atom is 0.248 e. The lowest BCUT2D eigenvalue weighted by Gasteiger charge is -2.07. The monoisotopic (exact) mass is 321 g/mol. The standard InChI is InChI=1S/C18H19N5O/c1-12-7-9-14(17(19)24)11-15(12)20-18-21-16(22-23-18)10-8-13-5-3-2-4-6-13/h2-7,9,11H,8,10H2,1H3,(H2,19,24)(H2,20,21,22,23). The van der Waals surface area contributed by atoms with Gasteiger partial charge < -0.3 is 11.1 Å². The van der Waals surface area contributed by atoms with Gasteiger partial charge in [-0.25, -0.2) is 0 Å². The van der Waals surface area contributed by atoms with E-state index >= 15 is 0 Å². The summed E-state index contributed by atoms with van der Waals surface area (Å²) in [5.74, 6) is 0.824. The molecule has 3 rings (SSSR count). The summed E-state index contributed by atoms with van der Waals surface area (Å²) in [5, 5.41) is 10.2. The van der Waals surface area contributed by atoms with Gasteiger partial charge in [0.05, 0.1) is 0 Å². The largest absolute Gasteiger partial charge is 0.366 e. The lowest BCUT2D eigenvalue weighted by atomic mass is 10.1. The topological polar surface area (TPSA) is 96.7 Å². The summed E-state index contributed by atoms with van der Waals surface area (Å²) in [6.45, 7) is 1.94. The van der Waals surface area contributed by atoms with Crippen molar-refractivity contribution in [2.45, 2.75) is 19.8 Å². The van der Waals surface area contributed by atoms with Gasteiger partial charge in [-0.05, 0) is 36.6 Å². The zero-order chi connectivity index (χ0) is 16.9. The number of amides is 1. The predicted octanol–water partition coefficient (Wildman–Crippen LogP) is 2.74. The highest BCUT2D eigenvalue weighted by Crippen LogP contribution is 2.20. The van der Waals surface area contributed by atoms with Crippen molar-refractivity contribution in [3.8, 4) is 0 Å². The number of anilines is 2. The molecule has 0 aliphatic carbocycles. The summed E-state index contributed by atoms with van der Waals surface area (Å²) in [4.78, 5) is 15.7. The van der Waals surface area contributed by atoms with Gasteiger partial charge in [0.2, 0.25) is 11.9 Å². The summed E-state index contributed by atoms with van der Waals surface area (Å²) in [7, 11) is 0. The Morgan fingerprint density at radius 1 is 1.17 bits per heavy atom. The zero-order valence-electron chi connectivity index (χ0n) is 13.4. The van der Waals surface area contributed by atoms with E-state index in [-0.39, 0.29) is 0 Å². The highest BCUT2D eigenvalue weighted by Gasteiger charge is 2.08. The van der Waals surface area contributed by atoms with Crippen molar-refractivity contribution in [2.75, 3.05) is 5.32 Å². The number of hydrogen-bond acceptors (Lipinski definition) is 4. The van der Waals surface area contributed by atoms with Crippen molar-refractivity contribution in [1.82, 2.24) is 15.2 Å². The van der Waals surface area contributed by atoms with Gasteiger partial charge in [-0.3, -0.25) is 9.89 Å². The zero-order valence-corrected chi connectivity index (χ0v) is 13.4. The molecule has 0 bridgehead atoms. The molecule has 0 fully saturated rings. The van der Waals surface area contributed by atoms with Crippen molar-refractivity contribution in [3.63, 3.8) is 0 Å². The Labute approximate surface area is 140 Å². The van der Waals surface area contributed by atoms with Gasteiger partial charge >= 0.3 is 0 Å².